The molecule has 2 aliphatic carbocycles. The molecule has 0 saturated carbocycles. The van der Waals surface area contributed by atoms with Gasteiger partial charge in [-0.25, -0.2) is 4.98 Å². The van der Waals surface area contributed by atoms with Crippen LogP contribution in [-0.2, 0) is 25.8 Å². The highest BCUT2D eigenvalue weighted by Crippen LogP contribution is 2.36. The van der Waals surface area contributed by atoms with Crippen LogP contribution in [0.5, 0.6) is 5.75 Å². The van der Waals surface area contributed by atoms with Gasteiger partial charge in [-0.05, 0) is 72.1 Å². The van der Waals surface area contributed by atoms with Gasteiger partial charge in [0.1, 0.15) is 10.6 Å². The van der Waals surface area contributed by atoms with Crippen LogP contribution in [0.1, 0.15) is 52.4 Å². The second-order valence-corrected chi connectivity index (χ2v) is 11.7. The molecular weight excluding hydrogens is 490 g/mol. The van der Waals surface area contributed by atoms with Crippen LogP contribution in [0, 0.1) is 0 Å². The highest BCUT2D eigenvalue weighted by atomic mass is 32.1. The second kappa shape index (κ2) is 9.68. The third-order valence-electron chi connectivity index (χ3n) is 8.39. The van der Waals surface area contributed by atoms with Crippen LogP contribution in [0.4, 0.5) is 0 Å². The topological polar surface area (TPSA) is 56.2 Å². The van der Waals surface area contributed by atoms with Gasteiger partial charge in [0.25, 0.3) is 5.56 Å². The van der Waals surface area contributed by atoms with Crippen LogP contribution < -0.4 is 15.6 Å². The van der Waals surface area contributed by atoms with E-state index >= 15 is 0 Å². The van der Waals surface area contributed by atoms with E-state index in [1.807, 2.05) is 18.2 Å². The lowest BCUT2D eigenvalue weighted by molar-refractivity contribution is 0.370. The quantitative estimate of drug-likeness (QED) is 0.300. The zero-order valence-corrected chi connectivity index (χ0v) is 22.4. The summed E-state index contributed by atoms with van der Waals surface area (Å²) in [5.74, 6) is 0.793. The van der Waals surface area contributed by atoms with Crippen LogP contribution in [0.25, 0.3) is 21.0 Å². The maximum Gasteiger partial charge on any atom is 0.262 e. The highest BCUT2D eigenvalue weighted by Gasteiger charge is 2.28. The molecular formula is C32H31N3O2S. The Balaban J connectivity index is 1.19. The Morgan fingerprint density at radius 3 is 2.84 bits per heavy atom. The van der Waals surface area contributed by atoms with Crippen LogP contribution in [0.3, 0.4) is 0 Å². The number of aromatic nitrogens is 2. The molecule has 38 heavy (non-hydrogen) atoms. The Morgan fingerprint density at radius 2 is 1.92 bits per heavy atom. The zero-order valence-electron chi connectivity index (χ0n) is 21.6. The number of nitrogens with zero attached hydrogens (tertiary/aromatic N) is 2. The molecule has 0 fully saturated rings. The van der Waals surface area contributed by atoms with Gasteiger partial charge in [0.2, 0.25) is 0 Å². The SMILES string of the molecule is COc1ccc2ccccc2c1Cn1cnc2sc3c(c2c1=O)CCC(NC1CCCc2ccccc21)C3. The molecule has 0 amide bonds. The number of thiophene rings is 1. The molecule has 0 spiro atoms. The fourth-order valence-corrected chi connectivity index (χ4v) is 7.77. The maximum absolute atomic E-state index is 13.8. The molecule has 2 heterocycles. The van der Waals surface area contributed by atoms with Crippen molar-refractivity contribution in [1.82, 2.24) is 14.9 Å². The van der Waals surface area contributed by atoms with Crippen molar-refractivity contribution in [2.75, 3.05) is 7.11 Å². The number of methoxy groups -OCH3 is 1. The number of hydrogen-bond donors (Lipinski definition) is 1. The molecule has 5 nitrogen and oxygen atoms in total. The first-order valence-electron chi connectivity index (χ1n) is 13.6. The summed E-state index contributed by atoms with van der Waals surface area (Å²) in [7, 11) is 1.68. The first kappa shape index (κ1) is 23.6. The van der Waals surface area contributed by atoms with Crippen LogP contribution in [0.15, 0.2) is 71.8 Å². The summed E-state index contributed by atoms with van der Waals surface area (Å²) in [6, 6.07) is 22.0. The molecule has 7 rings (SSSR count). The number of aryl methyl sites for hydroxylation is 2. The van der Waals surface area contributed by atoms with E-state index < -0.39 is 0 Å². The van der Waals surface area contributed by atoms with Gasteiger partial charge in [-0.1, -0.05) is 54.6 Å². The molecule has 2 unspecified atom stereocenters. The largest absolute Gasteiger partial charge is 0.496 e. The van der Waals surface area contributed by atoms with Crippen molar-refractivity contribution in [3.8, 4) is 5.75 Å². The van der Waals surface area contributed by atoms with Gasteiger partial charge >= 0.3 is 0 Å². The second-order valence-electron chi connectivity index (χ2n) is 10.6. The van der Waals surface area contributed by atoms with Crippen LogP contribution in [-0.4, -0.2) is 22.7 Å². The fourth-order valence-electron chi connectivity index (χ4n) is 6.51. The van der Waals surface area contributed by atoms with Gasteiger partial charge in [0.05, 0.1) is 25.4 Å². The predicted molar refractivity (Wildman–Crippen MR) is 155 cm³/mol. The van der Waals surface area contributed by atoms with Crippen molar-refractivity contribution in [3.05, 3.63) is 104 Å². The minimum absolute atomic E-state index is 0.0510. The first-order chi connectivity index (χ1) is 18.7. The van der Waals surface area contributed by atoms with Crippen molar-refractivity contribution < 1.29 is 4.74 Å². The lowest BCUT2D eigenvalue weighted by Gasteiger charge is -2.32. The summed E-state index contributed by atoms with van der Waals surface area (Å²) in [5.41, 5.74) is 5.23. The van der Waals surface area contributed by atoms with Gasteiger partial charge in [-0.2, -0.15) is 0 Å². The van der Waals surface area contributed by atoms with E-state index in [2.05, 4.69) is 47.8 Å². The number of nitrogens with one attached hydrogen (secondary N) is 1. The van der Waals surface area contributed by atoms with Gasteiger partial charge < -0.3 is 10.1 Å². The molecule has 1 N–H and O–H groups in total. The van der Waals surface area contributed by atoms with Crippen LogP contribution in [0.2, 0.25) is 0 Å². The molecule has 0 radical (unpaired) electrons. The lowest BCUT2D eigenvalue weighted by Crippen LogP contribution is -2.38. The number of rotatable bonds is 5. The summed E-state index contributed by atoms with van der Waals surface area (Å²) in [5, 5.41) is 7.03. The minimum atomic E-state index is 0.0510. The molecule has 192 valence electrons. The number of ether oxygens (including phenoxy) is 1. The fraction of sp³-hybridized carbons (Fsp3) is 0.312. The molecule has 0 aliphatic heterocycles. The van der Waals surface area contributed by atoms with Gasteiger partial charge in [0, 0.05) is 22.5 Å². The normalized spacial score (nSPS) is 18.9. The van der Waals surface area contributed by atoms with E-state index in [-0.39, 0.29) is 5.56 Å². The summed E-state index contributed by atoms with van der Waals surface area (Å²) in [4.78, 5) is 20.8. The molecule has 0 bridgehead atoms. The summed E-state index contributed by atoms with van der Waals surface area (Å²) >= 11 is 1.70. The van der Waals surface area contributed by atoms with Crippen LogP contribution >= 0.6 is 11.3 Å². The van der Waals surface area contributed by atoms with E-state index in [1.54, 1.807) is 29.3 Å². The van der Waals surface area contributed by atoms with Gasteiger partial charge in [-0.15, -0.1) is 11.3 Å². The van der Waals surface area contributed by atoms with E-state index in [0.717, 1.165) is 51.6 Å². The Labute approximate surface area is 226 Å². The summed E-state index contributed by atoms with van der Waals surface area (Å²) < 4.78 is 7.44. The Bertz CT molecular complexity index is 1720. The molecule has 6 heteroatoms. The van der Waals surface area contributed by atoms with Crippen molar-refractivity contribution in [2.24, 2.45) is 0 Å². The number of benzene rings is 3. The molecule has 2 aliphatic rings. The standard InChI is InChI=1S/C32H31N3O2S/c1-37-28-16-13-21-8-2-4-10-23(21)26(28)18-35-19-33-31-30(32(35)36)25-15-14-22(17-29(25)38-31)34-27-12-6-9-20-7-3-5-11-24(20)27/h2-5,7-8,10-11,13,16,19,22,27,34H,6,9,12,14-15,17-18H2,1H3. The predicted octanol–water partition coefficient (Wildman–Crippen LogP) is 6.19. The molecule has 3 aromatic carbocycles. The monoisotopic (exact) mass is 521 g/mol. The molecule has 2 atom stereocenters. The Morgan fingerprint density at radius 1 is 1.05 bits per heavy atom. The zero-order chi connectivity index (χ0) is 25.6. The summed E-state index contributed by atoms with van der Waals surface area (Å²) in [6.07, 6.45) is 8.25. The third-order valence-corrected chi connectivity index (χ3v) is 9.55. The molecule has 0 saturated heterocycles. The van der Waals surface area contributed by atoms with Crippen molar-refractivity contribution >= 4 is 32.3 Å². The summed E-state index contributed by atoms with van der Waals surface area (Å²) in [6.45, 7) is 0.433. The van der Waals surface area contributed by atoms with E-state index in [9.17, 15) is 4.79 Å². The smallest absolute Gasteiger partial charge is 0.262 e. The van der Waals surface area contributed by atoms with E-state index in [0.29, 0.717) is 18.6 Å². The highest BCUT2D eigenvalue weighted by molar-refractivity contribution is 7.18. The molecule has 2 aromatic heterocycles. The van der Waals surface area contributed by atoms with Crippen molar-refractivity contribution in [1.29, 1.82) is 0 Å². The van der Waals surface area contributed by atoms with Crippen molar-refractivity contribution in [2.45, 2.75) is 57.2 Å². The average Bonchev–Trinajstić information content (AvgIpc) is 3.33. The first-order valence-corrected chi connectivity index (χ1v) is 14.4. The molecule has 5 aromatic rings. The Hall–Kier alpha value is -3.48. The van der Waals surface area contributed by atoms with E-state index in [4.69, 9.17) is 9.72 Å². The van der Waals surface area contributed by atoms with Crippen molar-refractivity contribution in [3.63, 3.8) is 0 Å². The number of fused-ring (bicyclic) bond motifs is 5. The van der Waals surface area contributed by atoms with Gasteiger partial charge in [0.15, 0.2) is 0 Å². The Kier molecular flexibility index (Phi) is 6.02. The minimum Gasteiger partial charge on any atom is -0.496 e. The van der Waals surface area contributed by atoms with Gasteiger partial charge in [-0.3, -0.25) is 9.36 Å². The number of hydrogen-bond acceptors (Lipinski definition) is 5. The third kappa shape index (κ3) is 4.03. The van der Waals surface area contributed by atoms with E-state index in [1.165, 1.54) is 40.8 Å². The maximum atomic E-state index is 13.8. The average molecular weight is 522 g/mol. The lowest BCUT2D eigenvalue weighted by atomic mass is 9.86.